The number of hydrogen-bond donors (Lipinski definition) is 0. The van der Waals surface area contributed by atoms with Crippen molar-refractivity contribution in [3.63, 3.8) is 0 Å². The summed E-state index contributed by atoms with van der Waals surface area (Å²) in [6.45, 7) is -1.46. The molecule has 1 aromatic carbocycles. The number of hydrogen-bond acceptors (Lipinski definition) is 3. The monoisotopic (exact) mass is 333 g/mol. The number of aromatic nitrogens is 2. The summed E-state index contributed by atoms with van der Waals surface area (Å²) in [7, 11) is -2.48. The second-order valence-corrected chi connectivity index (χ2v) is 6.71. The summed E-state index contributed by atoms with van der Waals surface area (Å²) < 4.78 is 63.9. The molecule has 120 valence electrons. The molecule has 0 saturated heterocycles. The molecule has 22 heavy (non-hydrogen) atoms. The normalized spacial score (nSPS) is 12.8. The van der Waals surface area contributed by atoms with Gasteiger partial charge in [-0.3, -0.25) is 0 Å². The molecule has 0 bridgehead atoms. The summed E-state index contributed by atoms with van der Waals surface area (Å²) in [4.78, 5) is 3.88. The number of halogens is 3. The number of benzene rings is 1. The fourth-order valence-electron chi connectivity index (χ4n) is 1.89. The first-order valence-electron chi connectivity index (χ1n) is 6.28. The fraction of sp³-hybridized carbons (Fsp3) is 0.308. The van der Waals surface area contributed by atoms with Crippen molar-refractivity contribution in [1.82, 2.24) is 13.9 Å². The standard InChI is InChI=1S/C13H14F3N3O2S/c1-18(22(20,21)11-5-3-2-4-6-11)9-12-17-7-8-19(12)10-13(14,15)16/h2-8H,9-10H2,1H3. The van der Waals surface area contributed by atoms with E-state index in [0.717, 1.165) is 8.87 Å². The van der Waals surface area contributed by atoms with Crippen molar-refractivity contribution in [2.45, 2.75) is 24.2 Å². The fourth-order valence-corrected chi connectivity index (χ4v) is 3.03. The third-order valence-corrected chi connectivity index (χ3v) is 4.78. The predicted octanol–water partition coefficient (Wildman–Crippen LogP) is 2.27. The van der Waals surface area contributed by atoms with E-state index in [1.807, 2.05) is 0 Å². The summed E-state index contributed by atoms with van der Waals surface area (Å²) in [5.74, 6) is 0.0272. The van der Waals surface area contributed by atoms with Crippen LogP contribution in [-0.2, 0) is 23.1 Å². The van der Waals surface area contributed by atoms with Gasteiger partial charge in [-0.2, -0.15) is 17.5 Å². The first-order chi connectivity index (χ1) is 10.2. The average molecular weight is 333 g/mol. The first-order valence-corrected chi connectivity index (χ1v) is 7.72. The summed E-state index contributed by atoms with van der Waals surface area (Å²) in [5.41, 5.74) is 0. The molecule has 0 aliphatic carbocycles. The average Bonchev–Trinajstić information content (AvgIpc) is 2.84. The maximum absolute atomic E-state index is 12.5. The third kappa shape index (κ3) is 3.86. The topological polar surface area (TPSA) is 55.2 Å². The second-order valence-electron chi connectivity index (χ2n) is 4.66. The first kappa shape index (κ1) is 16.5. The Morgan fingerprint density at radius 2 is 1.86 bits per heavy atom. The minimum Gasteiger partial charge on any atom is -0.325 e. The number of sulfonamides is 1. The largest absolute Gasteiger partial charge is 0.406 e. The number of nitrogens with zero attached hydrogens (tertiary/aromatic N) is 3. The molecule has 1 heterocycles. The van der Waals surface area contributed by atoms with Crippen LogP contribution in [0.4, 0.5) is 13.2 Å². The Balaban J connectivity index is 2.20. The minimum absolute atomic E-state index is 0.0272. The molecule has 0 aliphatic rings. The van der Waals surface area contributed by atoms with Crippen molar-refractivity contribution in [2.75, 3.05) is 7.05 Å². The van der Waals surface area contributed by atoms with Crippen LogP contribution >= 0.6 is 0 Å². The summed E-state index contributed by atoms with van der Waals surface area (Å²) >= 11 is 0. The van der Waals surface area contributed by atoms with E-state index in [1.165, 1.54) is 31.6 Å². The van der Waals surface area contributed by atoms with Crippen LogP contribution in [0.3, 0.4) is 0 Å². The van der Waals surface area contributed by atoms with Gasteiger partial charge in [-0.1, -0.05) is 18.2 Å². The highest BCUT2D eigenvalue weighted by Gasteiger charge is 2.29. The molecule has 0 saturated carbocycles. The van der Waals surface area contributed by atoms with E-state index < -0.39 is 22.7 Å². The molecule has 2 rings (SSSR count). The van der Waals surface area contributed by atoms with Crippen molar-refractivity contribution in [2.24, 2.45) is 0 Å². The lowest BCUT2D eigenvalue weighted by molar-refractivity contribution is -0.141. The zero-order chi connectivity index (χ0) is 16.4. The van der Waals surface area contributed by atoms with E-state index >= 15 is 0 Å². The number of rotatable bonds is 5. The Labute approximate surface area is 126 Å². The minimum atomic E-state index is -4.40. The summed E-state index contributed by atoms with van der Waals surface area (Å²) in [5, 5.41) is 0. The molecule has 1 aromatic heterocycles. The molecule has 9 heteroatoms. The van der Waals surface area contributed by atoms with E-state index in [0.29, 0.717) is 0 Å². The number of alkyl halides is 3. The Bertz CT molecular complexity index is 726. The van der Waals surface area contributed by atoms with Gasteiger partial charge in [0.2, 0.25) is 10.0 Å². The maximum Gasteiger partial charge on any atom is 0.406 e. The van der Waals surface area contributed by atoms with Gasteiger partial charge in [0.15, 0.2) is 0 Å². The van der Waals surface area contributed by atoms with Gasteiger partial charge in [0.25, 0.3) is 0 Å². The van der Waals surface area contributed by atoms with Crippen molar-refractivity contribution in [1.29, 1.82) is 0 Å². The molecule has 0 spiro atoms. The van der Waals surface area contributed by atoms with Crippen LogP contribution in [-0.4, -0.2) is 35.5 Å². The van der Waals surface area contributed by atoms with Crippen LogP contribution in [0.1, 0.15) is 5.82 Å². The molecular formula is C13H14F3N3O2S. The van der Waals surface area contributed by atoms with Crippen LogP contribution in [0.5, 0.6) is 0 Å². The van der Waals surface area contributed by atoms with Gasteiger partial charge in [0.1, 0.15) is 12.4 Å². The molecule has 0 amide bonds. The van der Waals surface area contributed by atoms with Crippen LogP contribution in [0.2, 0.25) is 0 Å². The van der Waals surface area contributed by atoms with Gasteiger partial charge in [0, 0.05) is 19.4 Å². The van der Waals surface area contributed by atoms with E-state index in [-0.39, 0.29) is 17.3 Å². The predicted molar refractivity (Wildman–Crippen MR) is 73.4 cm³/mol. The van der Waals surface area contributed by atoms with E-state index in [1.54, 1.807) is 18.2 Å². The van der Waals surface area contributed by atoms with Crippen molar-refractivity contribution in [3.05, 3.63) is 48.5 Å². The third-order valence-electron chi connectivity index (χ3n) is 2.97. The number of imidazole rings is 1. The zero-order valence-electron chi connectivity index (χ0n) is 11.7. The van der Waals surface area contributed by atoms with Crippen molar-refractivity contribution in [3.8, 4) is 0 Å². The van der Waals surface area contributed by atoms with Crippen LogP contribution in [0.25, 0.3) is 0 Å². The molecule has 2 aromatic rings. The highest BCUT2D eigenvalue weighted by Crippen LogP contribution is 2.20. The summed E-state index contributed by atoms with van der Waals surface area (Å²) in [6, 6.07) is 7.67. The molecular weight excluding hydrogens is 319 g/mol. The Hall–Kier alpha value is -1.87. The smallest absolute Gasteiger partial charge is 0.325 e. The maximum atomic E-state index is 12.5. The van der Waals surface area contributed by atoms with Gasteiger partial charge >= 0.3 is 6.18 Å². The van der Waals surface area contributed by atoms with Crippen molar-refractivity contribution < 1.29 is 21.6 Å². The van der Waals surface area contributed by atoms with Crippen LogP contribution < -0.4 is 0 Å². The highest BCUT2D eigenvalue weighted by molar-refractivity contribution is 7.89. The quantitative estimate of drug-likeness (QED) is 0.843. The van der Waals surface area contributed by atoms with Crippen LogP contribution in [0, 0.1) is 0 Å². The molecule has 0 fully saturated rings. The van der Waals surface area contributed by atoms with Gasteiger partial charge in [-0.15, -0.1) is 0 Å². The lowest BCUT2D eigenvalue weighted by Crippen LogP contribution is -2.29. The summed E-state index contributed by atoms with van der Waals surface area (Å²) in [6.07, 6.45) is -2.01. The Morgan fingerprint density at radius 1 is 1.23 bits per heavy atom. The molecule has 0 N–H and O–H groups in total. The van der Waals surface area contributed by atoms with Gasteiger partial charge < -0.3 is 4.57 Å². The molecule has 5 nitrogen and oxygen atoms in total. The molecule has 0 radical (unpaired) electrons. The molecule has 0 atom stereocenters. The second kappa shape index (κ2) is 6.09. The molecule has 0 unspecified atom stereocenters. The van der Waals surface area contributed by atoms with Gasteiger partial charge in [-0.05, 0) is 12.1 Å². The van der Waals surface area contributed by atoms with Crippen molar-refractivity contribution >= 4 is 10.0 Å². The van der Waals surface area contributed by atoms with E-state index in [4.69, 9.17) is 0 Å². The van der Waals surface area contributed by atoms with Crippen LogP contribution in [0.15, 0.2) is 47.6 Å². The lowest BCUT2D eigenvalue weighted by Gasteiger charge is -2.18. The van der Waals surface area contributed by atoms with Gasteiger partial charge in [-0.25, -0.2) is 13.4 Å². The van der Waals surface area contributed by atoms with E-state index in [2.05, 4.69) is 4.98 Å². The Kier molecular flexibility index (Phi) is 4.57. The lowest BCUT2D eigenvalue weighted by atomic mass is 10.4. The SMILES string of the molecule is CN(Cc1nccn1CC(F)(F)F)S(=O)(=O)c1ccccc1. The highest BCUT2D eigenvalue weighted by atomic mass is 32.2. The molecule has 0 aliphatic heterocycles. The van der Waals surface area contributed by atoms with E-state index in [9.17, 15) is 21.6 Å². The van der Waals surface area contributed by atoms with Gasteiger partial charge in [0.05, 0.1) is 11.4 Å². The zero-order valence-corrected chi connectivity index (χ0v) is 12.5. The Morgan fingerprint density at radius 3 is 2.45 bits per heavy atom.